The Hall–Kier alpha value is -0.790. The fourth-order valence-electron chi connectivity index (χ4n) is 2.12. The van der Waals surface area contributed by atoms with Crippen LogP contribution in [-0.4, -0.2) is 39.5 Å². The minimum absolute atomic E-state index is 0. The smallest absolute Gasteiger partial charge is 0.408 e. The van der Waals surface area contributed by atoms with Crippen LogP contribution in [0.5, 0.6) is 0 Å². The van der Waals surface area contributed by atoms with Crippen molar-refractivity contribution in [3.63, 3.8) is 0 Å². The van der Waals surface area contributed by atoms with Gasteiger partial charge in [0.25, 0.3) is 0 Å². The second kappa shape index (κ2) is 9.63. The molecule has 0 saturated carbocycles. The lowest BCUT2D eigenvalue weighted by molar-refractivity contribution is -0.0000274. The normalized spacial score (nSPS) is 15.0. The first-order valence-corrected chi connectivity index (χ1v) is 9.63. The predicted molar refractivity (Wildman–Crippen MR) is 102 cm³/mol. The van der Waals surface area contributed by atoms with E-state index < -0.39 is 11.7 Å². The van der Waals surface area contributed by atoms with Crippen molar-refractivity contribution in [2.45, 2.75) is 38.8 Å². The van der Waals surface area contributed by atoms with Gasteiger partial charge in [0.15, 0.2) is 0 Å². The highest BCUT2D eigenvalue weighted by molar-refractivity contribution is 9.09. The molecule has 1 aromatic rings. The largest absolute Gasteiger partial charge is 1.00 e. The fourth-order valence-corrected chi connectivity index (χ4v) is 3.73. The molecule has 1 aliphatic heterocycles. The molecule has 1 amide bonds. The summed E-state index contributed by atoms with van der Waals surface area (Å²) in [5, 5.41) is 3.73. The van der Waals surface area contributed by atoms with E-state index in [-0.39, 0.29) is 23.0 Å². The number of hydrogen-bond acceptors (Lipinski definition) is 3. The second-order valence-corrected chi connectivity index (χ2v) is 7.88. The zero-order valence-electron chi connectivity index (χ0n) is 14.0. The molecule has 0 spiro atoms. The zero-order chi connectivity index (χ0) is 16.9. The van der Waals surface area contributed by atoms with Crippen molar-refractivity contribution < 1.29 is 26.5 Å². The zero-order valence-corrected chi connectivity index (χ0v) is 18.0. The summed E-state index contributed by atoms with van der Waals surface area (Å²) in [5.41, 5.74) is 1.73. The lowest BCUT2D eigenvalue weighted by Crippen LogP contribution is -3.00. The van der Waals surface area contributed by atoms with Crippen LogP contribution in [0.4, 0.5) is 4.79 Å². The van der Waals surface area contributed by atoms with Crippen LogP contribution in [0, 0.1) is 0 Å². The number of alkyl halides is 1. The average Bonchev–Trinajstić information content (AvgIpc) is 2.94. The third kappa shape index (κ3) is 6.99. The Labute approximate surface area is 166 Å². The predicted octanol–water partition coefficient (Wildman–Crippen LogP) is 0.188. The maximum Gasteiger partial charge on any atom is 0.408 e. The summed E-state index contributed by atoms with van der Waals surface area (Å²) in [6.45, 7) is 5.58. The molecule has 0 radical (unpaired) electrons. The van der Waals surface area contributed by atoms with Gasteiger partial charge in [-0.05, 0) is 26.3 Å². The van der Waals surface area contributed by atoms with Gasteiger partial charge in [0.2, 0.25) is 17.1 Å². The molecule has 0 aliphatic carbocycles. The second-order valence-electron chi connectivity index (χ2n) is 6.33. The third-order valence-electron chi connectivity index (χ3n) is 3.08. The molecule has 1 aliphatic rings. The van der Waals surface area contributed by atoms with Crippen molar-refractivity contribution in [1.82, 2.24) is 5.32 Å². The van der Waals surface area contributed by atoms with E-state index in [1.807, 2.05) is 39.0 Å². The molecule has 1 N–H and O–H groups in total. The van der Waals surface area contributed by atoms with Gasteiger partial charge in [-0.1, -0.05) is 46.3 Å². The first-order valence-electron chi connectivity index (χ1n) is 7.53. The van der Waals surface area contributed by atoms with Crippen LogP contribution in [0.25, 0.3) is 0 Å². The van der Waals surface area contributed by atoms with Crippen LogP contribution in [0.1, 0.15) is 26.3 Å². The quantitative estimate of drug-likeness (QED) is 0.374. The molecule has 0 unspecified atom stereocenters. The minimum Gasteiger partial charge on any atom is -1.00 e. The summed E-state index contributed by atoms with van der Waals surface area (Å²) in [7, 11) is 0. The number of aliphatic imine (C=N–C) groups is 1. The molecular weight excluding hydrogens is 456 g/mol. The molecule has 0 bridgehead atoms. The van der Waals surface area contributed by atoms with Crippen molar-refractivity contribution in [2.75, 3.05) is 11.1 Å². The minimum atomic E-state index is -0.515. The maximum atomic E-state index is 12.2. The standard InChI is InChI=1S/C17H21BrN2O2S.BrH/c1-17(2,3)22-16(21)20-14(9-12-7-5-4-6-8-12)15-19-13(10-18)11-23-15;/h4-8,14H,9-11H2,1-3H3;1H/t14-;/m1./s1. The van der Waals surface area contributed by atoms with Crippen molar-refractivity contribution in [3.05, 3.63) is 35.9 Å². The van der Waals surface area contributed by atoms with E-state index in [2.05, 4.69) is 38.4 Å². The first-order chi connectivity index (χ1) is 10.9. The Bertz CT molecular complexity index is 613. The van der Waals surface area contributed by atoms with Gasteiger partial charge in [-0.25, -0.2) is 4.79 Å². The number of alkyl carbamates (subject to hydrolysis) is 1. The molecule has 2 rings (SSSR count). The van der Waals surface area contributed by atoms with E-state index in [9.17, 15) is 4.79 Å². The number of ether oxygens (including phenoxy) is 1. The SMILES string of the molecule is CC(C)(C)OC(=O)N[C@H](Cc1ccccc1)C1=[S+]CC(CBr)=N1.[Br-]. The van der Waals surface area contributed by atoms with Crippen molar-refractivity contribution in [3.8, 4) is 0 Å². The van der Waals surface area contributed by atoms with E-state index in [0.29, 0.717) is 6.42 Å². The molecule has 0 aromatic heterocycles. The number of nitrogens with one attached hydrogen (secondary N) is 1. The molecule has 4 nitrogen and oxygen atoms in total. The number of halogens is 2. The monoisotopic (exact) mass is 476 g/mol. The van der Waals surface area contributed by atoms with Crippen LogP contribution in [0.15, 0.2) is 35.3 Å². The van der Waals surface area contributed by atoms with Gasteiger partial charge in [0.1, 0.15) is 11.6 Å². The average molecular weight is 478 g/mol. The highest BCUT2D eigenvalue weighted by Gasteiger charge is 2.32. The van der Waals surface area contributed by atoms with E-state index in [1.165, 1.54) is 0 Å². The van der Waals surface area contributed by atoms with E-state index in [0.717, 1.165) is 27.3 Å². The summed E-state index contributed by atoms with van der Waals surface area (Å²) in [6, 6.07) is 9.92. The lowest BCUT2D eigenvalue weighted by Gasteiger charge is -2.21. The summed E-state index contributed by atoms with van der Waals surface area (Å²) in [4.78, 5) is 17.7. The number of carbonyl (C=O) groups excluding carboxylic acids is 1. The molecule has 132 valence electrons. The van der Waals surface area contributed by atoms with Crippen molar-refractivity contribution in [1.29, 1.82) is 0 Å². The van der Waals surface area contributed by atoms with Gasteiger partial charge < -0.3 is 27.0 Å². The summed E-state index contributed by atoms with van der Waals surface area (Å²) >= 11 is 5.12. The lowest BCUT2D eigenvalue weighted by atomic mass is 10.1. The number of amides is 1. The van der Waals surface area contributed by atoms with E-state index >= 15 is 0 Å². The summed E-state index contributed by atoms with van der Waals surface area (Å²) in [6.07, 6.45) is 0.288. The number of rotatable bonds is 5. The maximum absolute atomic E-state index is 12.2. The Morgan fingerprint density at radius 2 is 2.04 bits per heavy atom. The van der Waals surface area contributed by atoms with Crippen LogP contribution in [0.3, 0.4) is 0 Å². The highest BCUT2D eigenvalue weighted by Crippen LogP contribution is 2.11. The molecule has 1 heterocycles. The first kappa shape index (κ1) is 21.3. The van der Waals surface area contributed by atoms with Crippen LogP contribution in [0.2, 0.25) is 0 Å². The Kier molecular flexibility index (Phi) is 8.53. The molecule has 1 aromatic carbocycles. The molecule has 0 saturated heterocycles. The number of benzene rings is 1. The molecular formula is C17H22Br2N2O2S. The molecule has 24 heavy (non-hydrogen) atoms. The Morgan fingerprint density at radius 1 is 1.38 bits per heavy atom. The van der Waals surface area contributed by atoms with Crippen LogP contribution < -0.4 is 22.3 Å². The van der Waals surface area contributed by atoms with Crippen molar-refractivity contribution in [2.24, 2.45) is 4.99 Å². The van der Waals surface area contributed by atoms with Gasteiger partial charge in [-0.15, -0.1) is 0 Å². The summed E-state index contributed by atoms with van der Waals surface area (Å²) in [5.74, 6) is 0.863. The molecule has 7 heteroatoms. The topological polar surface area (TPSA) is 50.7 Å². The van der Waals surface area contributed by atoms with Gasteiger partial charge in [0, 0.05) is 11.8 Å². The number of hydrogen-bond donors (Lipinski definition) is 1. The summed E-state index contributed by atoms with van der Waals surface area (Å²) < 4.78 is 5.39. The van der Waals surface area contributed by atoms with E-state index in [1.54, 1.807) is 11.4 Å². The van der Waals surface area contributed by atoms with Gasteiger partial charge >= 0.3 is 11.1 Å². The van der Waals surface area contributed by atoms with Gasteiger partial charge in [-0.3, -0.25) is 0 Å². The Balaban J connectivity index is 0.00000288. The highest BCUT2D eigenvalue weighted by atomic mass is 79.9. The van der Waals surface area contributed by atoms with Gasteiger partial charge in [-0.2, -0.15) is 4.99 Å². The Morgan fingerprint density at radius 3 is 2.58 bits per heavy atom. The third-order valence-corrected chi connectivity index (χ3v) is 4.88. The van der Waals surface area contributed by atoms with Crippen LogP contribution in [-0.2, 0) is 22.5 Å². The van der Waals surface area contributed by atoms with Gasteiger partial charge in [0.05, 0.1) is 5.71 Å². The number of nitrogens with zero attached hydrogens (tertiary/aromatic N) is 1. The molecule has 0 fully saturated rings. The van der Waals surface area contributed by atoms with Crippen LogP contribution >= 0.6 is 15.9 Å². The fraction of sp³-hybridized carbons (Fsp3) is 0.471. The van der Waals surface area contributed by atoms with E-state index in [4.69, 9.17) is 4.74 Å². The van der Waals surface area contributed by atoms with Crippen molar-refractivity contribution >= 4 is 44.1 Å². The molecule has 1 atom stereocenters. The number of carbonyl (C=O) groups is 1.